The molecule has 0 unspecified atom stereocenters. The second-order valence-corrected chi connectivity index (χ2v) is 9.07. The Balaban J connectivity index is 1.87. The van der Waals surface area contributed by atoms with E-state index in [1.165, 1.54) is 41.1 Å². The van der Waals surface area contributed by atoms with Crippen LogP contribution < -0.4 is 20.7 Å². The molecule has 0 aliphatic rings. The van der Waals surface area contributed by atoms with Crippen LogP contribution in [-0.2, 0) is 21.5 Å². The summed E-state index contributed by atoms with van der Waals surface area (Å²) in [4.78, 5) is 24.6. The standard InChI is InChI=1S/C19H25F2N3O6S/c1-19(2,8-4-10-29-13-24-9-7-17(25)22-18(24)26)23-31(27,28)15-6-3-5-14(11-15)30-12-16(20)21/h3,5-7,9,11,16,23H,4,8,10,12-13H2,1-2H3,(H,22,25,26). The van der Waals surface area contributed by atoms with Gasteiger partial charge >= 0.3 is 5.69 Å². The molecule has 0 spiro atoms. The van der Waals surface area contributed by atoms with E-state index in [4.69, 9.17) is 9.47 Å². The minimum absolute atomic E-state index is 0.0341. The zero-order valence-corrected chi connectivity index (χ0v) is 18.0. The summed E-state index contributed by atoms with van der Waals surface area (Å²) in [6, 6.07) is 6.55. The molecule has 2 N–H and O–H groups in total. The van der Waals surface area contributed by atoms with E-state index in [0.717, 1.165) is 0 Å². The number of aromatic amines is 1. The molecule has 2 rings (SSSR count). The van der Waals surface area contributed by atoms with E-state index >= 15 is 0 Å². The molecule has 0 aliphatic heterocycles. The average Bonchev–Trinajstić information content (AvgIpc) is 2.67. The predicted molar refractivity (Wildman–Crippen MR) is 109 cm³/mol. The maximum Gasteiger partial charge on any atom is 0.330 e. The third-order valence-electron chi connectivity index (χ3n) is 4.12. The normalized spacial score (nSPS) is 12.3. The van der Waals surface area contributed by atoms with Gasteiger partial charge in [0.15, 0.2) is 0 Å². The molecular formula is C19H25F2N3O6S. The largest absolute Gasteiger partial charge is 0.488 e. The molecule has 0 aliphatic carbocycles. The fraction of sp³-hybridized carbons (Fsp3) is 0.474. The van der Waals surface area contributed by atoms with Crippen LogP contribution in [0.25, 0.3) is 0 Å². The van der Waals surface area contributed by atoms with E-state index in [2.05, 4.69) is 9.71 Å². The van der Waals surface area contributed by atoms with Crippen LogP contribution >= 0.6 is 0 Å². The summed E-state index contributed by atoms with van der Waals surface area (Å²) in [5.41, 5.74) is -1.90. The van der Waals surface area contributed by atoms with Crippen LogP contribution in [0.4, 0.5) is 8.78 Å². The van der Waals surface area contributed by atoms with Crippen LogP contribution in [0.1, 0.15) is 26.7 Å². The summed E-state index contributed by atoms with van der Waals surface area (Å²) in [6.45, 7) is 2.79. The Hall–Kier alpha value is -2.57. The van der Waals surface area contributed by atoms with E-state index in [9.17, 15) is 26.8 Å². The summed E-state index contributed by atoms with van der Waals surface area (Å²) in [5.74, 6) is 0.0341. The van der Waals surface area contributed by atoms with Crippen molar-refractivity contribution in [2.75, 3.05) is 13.2 Å². The number of hydrogen-bond donors (Lipinski definition) is 2. The summed E-state index contributed by atoms with van der Waals surface area (Å²) >= 11 is 0. The molecule has 0 atom stereocenters. The van der Waals surface area contributed by atoms with Crippen molar-refractivity contribution in [3.05, 3.63) is 57.4 Å². The maximum absolute atomic E-state index is 12.7. The van der Waals surface area contributed by atoms with Crippen LogP contribution in [0, 0.1) is 0 Å². The van der Waals surface area contributed by atoms with Crippen molar-refractivity contribution in [1.82, 2.24) is 14.3 Å². The molecule has 0 bridgehead atoms. The topological polar surface area (TPSA) is 119 Å². The summed E-state index contributed by atoms with van der Waals surface area (Å²) < 4.78 is 63.9. The minimum atomic E-state index is -3.91. The number of alkyl halides is 2. The van der Waals surface area contributed by atoms with Gasteiger partial charge in [0.2, 0.25) is 10.0 Å². The molecule has 0 saturated heterocycles. The third kappa shape index (κ3) is 8.23. The van der Waals surface area contributed by atoms with E-state index < -0.39 is 39.8 Å². The van der Waals surface area contributed by atoms with Crippen molar-refractivity contribution in [2.24, 2.45) is 0 Å². The number of halogens is 2. The second kappa shape index (κ2) is 10.6. The Labute approximate surface area is 178 Å². The van der Waals surface area contributed by atoms with E-state index in [-0.39, 0.29) is 24.0 Å². The second-order valence-electron chi connectivity index (χ2n) is 7.39. The van der Waals surface area contributed by atoms with Gasteiger partial charge in [-0.15, -0.1) is 0 Å². The maximum atomic E-state index is 12.7. The molecule has 0 saturated carbocycles. The number of benzene rings is 1. The minimum Gasteiger partial charge on any atom is -0.488 e. The smallest absolute Gasteiger partial charge is 0.330 e. The summed E-state index contributed by atoms with van der Waals surface area (Å²) in [7, 11) is -3.91. The predicted octanol–water partition coefficient (Wildman–Crippen LogP) is 1.69. The van der Waals surface area contributed by atoms with Crippen molar-refractivity contribution in [1.29, 1.82) is 0 Å². The quantitative estimate of drug-likeness (QED) is 0.464. The zero-order valence-electron chi connectivity index (χ0n) is 17.1. The van der Waals surface area contributed by atoms with Gasteiger partial charge in [0.05, 0.1) is 4.90 Å². The lowest BCUT2D eigenvalue weighted by atomic mass is 10.0. The lowest BCUT2D eigenvalue weighted by Crippen LogP contribution is -2.43. The first-order chi connectivity index (χ1) is 14.5. The van der Waals surface area contributed by atoms with Crippen LogP contribution in [0.15, 0.2) is 51.0 Å². The molecule has 12 heteroatoms. The first-order valence-electron chi connectivity index (χ1n) is 9.41. The molecule has 2 aromatic rings. The number of nitrogens with one attached hydrogen (secondary N) is 2. The SMILES string of the molecule is CC(C)(CCCOCn1ccc(=O)[nH]c1=O)NS(=O)(=O)c1cccc(OCC(F)F)c1. The lowest BCUT2D eigenvalue weighted by molar-refractivity contribution is 0.0680. The molecular weight excluding hydrogens is 436 g/mol. The highest BCUT2D eigenvalue weighted by molar-refractivity contribution is 7.89. The van der Waals surface area contributed by atoms with Gasteiger partial charge < -0.3 is 9.47 Å². The lowest BCUT2D eigenvalue weighted by Gasteiger charge is -2.26. The van der Waals surface area contributed by atoms with Gasteiger partial charge in [-0.1, -0.05) is 6.07 Å². The highest BCUT2D eigenvalue weighted by Gasteiger charge is 2.26. The first kappa shape index (κ1) is 24.7. The summed E-state index contributed by atoms with van der Waals surface area (Å²) in [5, 5.41) is 0. The average molecular weight is 461 g/mol. The van der Waals surface area contributed by atoms with E-state index in [0.29, 0.717) is 12.8 Å². The van der Waals surface area contributed by atoms with Gasteiger partial charge in [0.25, 0.3) is 12.0 Å². The number of H-pyrrole nitrogens is 1. The van der Waals surface area contributed by atoms with Crippen LogP contribution in [0.5, 0.6) is 5.75 Å². The first-order valence-corrected chi connectivity index (χ1v) is 10.9. The molecule has 0 fully saturated rings. The number of aromatic nitrogens is 2. The Kier molecular flexibility index (Phi) is 8.48. The Morgan fingerprint density at radius 1 is 1.23 bits per heavy atom. The highest BCUT2D eigenvalue weighted by Crippen LogP contribution is 2.21. The summed E-state index contributed by atoms with van der Waals surface area (Å²) in [6.07, 6.45) is -0.430. The molecule has 0 amide bonds. The Bertz CT molecular complexity index is 1080. The number of hydrogen-bond acceptors (Lipinski definition) is 6. The van der Waals surface area contributed by atoms with Gasteiger partial charge in [-0.3, -0.25) is 14.3 Å². The van der Waals surface area contributed by atoms with Gasteiger partial charge in [-0.2, -0.15) is 0 Å². The van der Waals surface area contributed by atoms with Gasteiger partial charge in [-0.05, 0) is 38.8 Å². The van der Waals surface area contributed by atoms with Crippen molar-refractivity contribution in [3.63, 3.8) is 0 Å². The molecule has 0 radical (unpaired) electrons. The molecule has 1 aromatic heterocycles. The van der Waals surface area contributed by atoms with Crippen LogP contribution in [0.3, 0.4) is 0 Å². The molecule has 1 aromatic carbocycles. The van der Waals surface area contributed by atoms with E-state index in [1.807, 2.05) is 0 Å². The van der Waals surface area contributed by atoms with Crippen LogP contribution in [0.2, 0.25) is 0 Å². The van der Waals surface area contributed by atoms with Gasteiger partial charge in [0, 0.05) is 30.5 Å². The Morgan fingerprint density at radius 3 is 2.65 bits per heavy atom. The van der Waals surface area contributed by atoms with Crippen molar-refractivity contribution >= 4 is 10.0 Å². The number of sulfonamides is 1. The monoisotopic (exact) mass is 461 g/mol. The van der Waals surface area contributed by atoms with Crippen molar-refractivity contribution < 1.29 is 26.7 Å². The van der Waals surface area contributed by atoms with E-state index in [1.54, 1.807) is 13.8 Å². The number of rotatable bonds is 12. The zero-order chi connectivity index (χ0) is 23.1. The van der Waals surface area contributed by atoms with Crippen molar-refractivity contribution in [2.45, 2.75) is 50.3 Å². The third-order valence-corrected chi connectivity index (χ3v) is 5.82. The fourth-order valence-corrected chi connectivity index (χ4v) is 4.17. The highest BCUT2D eigenvalue weighted by atomic mass is 32.2. The Morgan fingerprint density at radius 2 is 1.97 bits per heavy atom. The van der Waals surface area contributed by atoms with Gasteiger partial charge in [-0.25, -0.2) is 26.7 Å². The van der Waals surface area contributed by atoms with Gasteiger partial charge in [0.1, 0.15) is 19.1 Å². The molecule has 1 heterocycles. The van der Waals surface area contributed by atoms with Crippen LogP contribution in [-0.4, -0.2) is 43.1 Å². The molecule has 31 heavy (non-hydrogen) atoms. The number of nitrogens with zero attached hydrogens (tertiary/aromatic N) is 1. The fourth-order valence-electron chi connectivity index (χ4n) is 2.69. The number of ether oxygens (including phenoxy) is 2. The molecule has 172 valence electrons. The molecule has 9 nitrogen and oxygen atoms in total. The van der Waals surface area contributed by atoms with Crippen molar-refractivity contribution in [3.8, 4) is 5.75 Å².